The van der Waals surface area contributed by atoms with Gasteiger partial charge in [-0.15, -0.1) is 12.4 Å². The van der Waals surface area contributed by atoms with Crippen molar-refractivity contribution in [1.29, 1.82) is 0 Å². The number of carbonyl (C=O) groups is 1. The molecule has 1 unspecified atom stereocenters. The average molecular weight is 389 g/mol. The van der Waals surface area contributed by atoms with Crippen molar-refractivity contribution in [2.24, 2.45) is 0 Å². The predicted octanol–water partition coefficient (Wildman–Crippen LogP) is 4.35. The molecule has 2 aromatic carbocycles. The first kappa shape index (κ1) is 19.8. The summed E-state index contributed by atoms with van der Waals surface area (Å²) >= 11 is 0. The van der Waals surface area contributed by atoms with Gasteiger partial charge in [0.2, 0.25) is 0 Å². The number of Topliss-reactive ketones (excluding diaryl/α,β-unsaturated/α-hetero) is 1. The van der Waals surface area contributed by atoms with Gasteiger partial charge in [-0.1, -0.05) is 18.2 Å². The van der Waals surface area contributed by atoms with Gasteiger partial charge in [0.1, 0.15) is 5.82 Å². The quantitative estimate of drug-likeness (QED) is 0.711. The normalized spacial score (nSPS) is 19.0. The monoisotopic (exact) mass is 388 g/mol. The summed E-state index contributed by atoms with van der Waals surface area (Å²) in [6.07, 6.45) is 3.76. The third-order valence-electron chi connectivity index (χ3n) is 5.66. The first-order valence-electron chi connectivity index (χ1n) is 9.56. The van der Waals surface area contributed by atoms with Crippen LogP contribution in [0.2, 0.25) is 0 Å². The summed E-state index contributed by atoms with van der Waals surface area (Å²) in [5, 5.41) is 0. The van der Waals surface area contributed by atoms with Crippen LogP contribution in [-0.4, -0.2) is 42.9 Å². The Kier molecular flexibility index (Phi) is 6.51. The Bertz CT molecular complexity index is 780. The van der Waals surface area contributed by atoms with E-state index >= 15 is 0 Å². The van der Waals surface area contributed by atoms with E-state index in [9.17, 15) is 9.18 Å². The molecule has 0 saturated carbocycles. The fourth-order valence-corrected chi connectivity index (χ4v) is 4.25. The number of hydrogen-bond donors (Lipinski definition) is 0. The summed E-state index contributed by atoms with van der Waals surface area (Å²) in [7, 11) is 0. The summed E-state index contributed by atoms with van der Waals surface area (Å²) in [4.78, 5) is 17.3. The van der Waals surface area contributed by atoms with E-state index in [0.29, 0.717) is 18.0 Å². The first-order valence-corrected chi connectivity index (χ1v) is 9.56. The minimum absolute atomic E-state index is 0. The molecule has 144 valence electrons. The average Bonchev–Trinajstić information content (AvgIpc) is 2.68. The molecule has 27 heavy (non-hydrogen) atoms. The zero-order valence-corrected chi connectivity index (χ0v) is 16.3. The lowest BCUT2D eigenvalue weighted by atomic mass is 9.94. The number of benzene rings is 2. The smallest absolute Gasteiger partial charge is 0.162 e. The van der Waals surface area contributed by atoms with Crippen LogP contribution in [-0.2, 0) is 6.42 Å². The molecule has 2 aliphatic rings. The largest absolute Gasteiger partial charge is 0.366 e. The lowest BCUT2D eigenvalue weighted by molar-refractivity contribution is 0.0972. The number of carbonyl (C=O) groups excluding carboxylic acids is 1. The molecule has 0 bridgehead atoms. The maximum atomic E-state index is 13.0. The standard InChI is InChI=1S/C22H25FN2O.ClH/c23-19-10-7-18(8-11-19)22(26)6-3-13-24-14-15-25-20(16-24)12-9-17-4-1-2-5-21(17)25;/h1-2,4-5,7-8,10-11,20H,3,6,9,12-16H2;1H. The van der Waals surface area contributed by atoms with Crippen LogP contribution in [0.25, 0.3) is 0 Å². The highest BCUT2D eigenvalue weighted by molar-refractivity contribution is 5.95. The Morgan fingerprint density at radius 1 is 1.07 bits per heavy atom. The molecule has 5 heteroatoms. The summed E-state index contributed by atoms with van der Waals surface area (Å²) in [5.41, 5.74) is 3.50. The van der Waals surface area contributed by atoms with E-state index in [0.717, 1.165) is 39.0 Å². The van der Waals surface area contributed by atoms with Crippen molar-refractivity contribution in [2.45, 2.75) is 31.7 Å². The van der Waals surface area contributed by atoms with E-state index in [-0.39, 0.29) is 24.0 Å². The third kappa shape index (κ3) is 4.50. The van der Waals surface area contributed by atoms with Crippen LogP contribution < -0.4 is 4.90 Å². The van der Waals surface area contributed by atoms with Crippen molar-refractivity contribution in [2.75, 3.05) is 31.1 Å². The van der Waals surface area contributed by atoms with E-state index in [1.165, 1.54) is 29.8 Å². The highest BCUT2D eigenvalue weighted by atomic mass is 35.5. The zero-order chi connectivity index (χ0) is 17.9. The van der Waals surface area contributed by atoms with E-state index in [4.69, 9.17) is 0 Å². The van der Waals surface area contributed by atoms with Gasteiger partial charge in [0.05, 0.1) is 0 Å². The molecule has 2 aliphatic heterocycles. The zero-order valence-electron chi connectivity index (χ0n) is 15.4. The molecule has 0 aromatic heterocycles. The number of piperazine rings is 1. The van der Waals surface area contributed by atoms with Crippen LogP contribution in [0.5, 0.6) is 0 Å². The molecule has 1 fully saturated rings. The minimum Gasteiger partial charge on any atom is -0.366 e. The second-order valence-electron chi connectivity index (χ2n) is 7.35. The van der Waals surface area contributed by atoms with Crippen LogP contribution in [0.15, 0.2) is 48.5 Å². The van der Waals surface area contributed by atoms with Crippen molar-refractivity contribution < 1.29 is 9.18 Å². The van der Waals surface area contributed by atoms with Crippen LogP contribution in [0.1, 0.15) is 35.2 Å². The van der Waals surface area contributed by atoms with Crippen molar-refractivity contribution in [1.82, 2.24) is 4.90 Å². The number of fused-ring (bicyclic) bond motifs is 3. The lowest BCUT2D eigenvalue weighted by Crippen LogP contribution is -2.55. The topological polar surface area (TPSA) is 23.6 Å². The molecule has 0 spiro atoms. The molecule has 1 atom stereocenters. The van der Waals surface area contributed by atoms with Gasteiger partial charge in [0.15, 0.2) is 5.78 Å². The van der Waals surface area contributed by atoms with Crippen molar-refractivity contribution in [3.05, 3.63) is 65.5 Å². The predicted molar refractivity (Wildman–Crippen MR) is 110 cm³/mol. The number of halogens is 2. The highest BCUT2D eigenvalue weighted by Crippen LogP contribution is 2.32. The van der Waals surface area contributed by atoms with Gasteiger partial charge in [0.25, 0.3) is 0 Å². The molecule has 3 nitrogen and oxygen atoms in total. The second kappa shape index (κ2) is 8.85. The molecule has 0 amide bonds. The Balaban J connectivity index is 0.00000210. The van der Waals surface area contributed by atoms with Crippen LogP contribution in [0.3, 0.4) is 0 Å². The molecular formula is C22H26ClFN2O. The molecule has 0 radical (unpaired) electrons. The van der Waals surface area contributed by atoms with Crippen LogP contribution >= 0.6 is 12.4 Å². The number of para-hydroxylation sites is 1. The van der Waals surface area contributed by atoms with Gasteiger partial charge in [-0.2, -0.15) is 0 Å². The van der Waals surface area contributed by atoms with Crippen molar-refractivity contribution in [3.63, 3.8) is 0 Å². The molecule has 4 rings (SSSR count). The summed E-state index contributed by atoms with van der Waals surface area (Å²) < 4.78 is 13.0. The van der Waals surface area contributed by atoms with Crippen LogP contribution in [0.4, 0.5) is 10.1 Å². The van der Waals surface area contributed by atoms with Crippen molar-refractivity contribution in [3.8, 4) is 0 Å². The summed E-state index contributed by atoms with van der Waals surface area (Å²) in [5.74, 6) is -0.191. The molecule has 2 aromatic rings. The van der Waals surface area contributed by atoms with E-state index in [2.05, 4.69) is 34.1 Å². The van der Waals surface area contributed by atoms with Gasteiger partial charge in [-0.25, -0.2) is 4.39 Å². The first-order chi connectivity index (χ1) is 12.7. The fraction of sp³-hybridized carbons (Fsp3) is 0.409. The van der Waals surface area contributed by atoms with Gasteiger partial charge >= 0.3 is 0 Å². The van der Waals surface area contributed by atoms with Gasteiger partial charge < -0.3 is 4.90 Å². The minimum atomic E-state index is -0.298. The van der Waals surface area contributed by atoms with Gasteiger partial charge in [-0.3, -0.25) is 9.69 Å². The number of rotatable bonds is 5. The van der Waals surface area contributed by atoms with E-state index in [1.54, 1.807) is 12.1 Å². The van der Waals surface area contributed by atoms with E-state index < -0.39 is 0 Å². The number of anilines is 1. The summed E-state index contributed by atoms with van der Waals surface area (Å²) in [6, 6.07) is 15.2. The van der Waals surface area contributed by atoms with Gasteiger partial charge in [-0.05, 0) is 61.7 Å². The Morgan fingerprint density at radius 2 is 1.85 bits per heavy atom. The molecule has 0 N–H and O–H groups in total. The Morgan fingerprint density at radius 3 is 2.67 bits per heavy atom. The SMILES string of the molecule is Cl.O=C(CCCN1CCN2c3ccccc3CCC2C1)c1ccc(F)cc1. The number of aryl methyl sites for hydroxylation is 1. The van der Waals surface area contributed by atoms with E-state index in [1.807, 2.05) is 0 Å². The fourth-order valence-electron chi connectivity index (χ4n) is 4.25. The maximum Gasteiger partial charge on any atom is 0.162 e. The Hall–Kier alpha value is -1.91. The van der Waals surface area contributed by atoms with Crippen molar-refractivity contribution >= 4 is 23.9 Å². The molecular weight excluding hydrogens is 363 g/mol. The van der Waals surface area contributed by atoms with Crippen LogP contribution in [0, 0.1) is 5.82 Å². The number of nitrogens with zero attached hydrogens (tertiary/aromatic N) is 2. The number of ketones is 1. The molecule has 1 saturated heterocycles. The third-order valence-corrected chi connectivity index (χ3v) is 5.66. The van der Waals surface area contributed by atoms with Gasteiger partial charge in [0, 0.05) is 43.3 Å². The highest BCUT2D eigenvalue weighted by Gasteiger charge is 2.31. The molecule has 2 heterocycles. The summed E-state index contributed by atoms with van der Waals surface area (Å²) in [6.45, 7) is 4.15. The maximum absolute atomic E-state index is 13.0. The Labute approximate surface area is 166 Å². The second-order valence-corrected chi connectivity index (χ2v) is 7.35. The lowest BCUT2D eigenvalue weighted by Gasteiger charge is -2.46. The molecule has 0 aliphatic carbocycles. The number of hydrogen-bond acceptors (Lipinski definition) is 3.